The second-order valence-electron chi connectivity index (χ2n) is 6.49. The number of carbonyl (C=O) groups is 1. The van der Waals surface area contributed by atoms with Gasteiger partial charge in [0.25, 0.3) is 5.91 Å². The molecular formula is C22H24N2O4S. The number of ether oxygens (including phenoxy) is 3. The number of para-hydroxylation sites is 1. The third-order valence-electron chi connectivity index (χ3n) is 4.50. The lowest BCUT2D eigenvalue weighted by Gasteiger charge is -2.14. The zero-order valence-electron chi connectivity index (χ0n) is 16.7. The number of aryl methyl sites for hydroxylation is 1. The normalized spacial score (nSPS) is 14.8. The van der Waals surface area contributed by atoms with Gasteiger partial charge in [-0.1, -0.05) is 24.3 Å². The summed E-state index contributed by atoms with van der Waals surface area (Å²) in [6, 6.07) is 11.5. The molecule has 2 aromatic rings. The number of amidine groups is 1. The van der Waals surface area contributed by atoms with E-state index < -0.39 is 0 Å². The molecule has 0 unspecified atom stereocenters. The molecule has 7 heteroatoms. The molecule has 0 aromatic heterocycles. The molecule has 0 bridgehead atoms. The summed E-state index contributed by atoms with van der Waals surface area (Å²) in [6.45, 7) is 5.10. The number of nitrogens with zero attached hydrogens (tertiary/aromatic N) is 1. The highest BCUT2D eigenvalue weighted by Crippen LogP contribution is 2.35. The quantitative estimate of drug-likeness (QED) is 0.519. The van der Waals surface area contributed by atoms with Crippen LogP contribution in [0, 0.1) is 13.8 Å². The number of amides is 1. The maximum Gasteiger partial charge on any atom is 0.286 e. The molecule has 2 aromatic carbocycles. The van der Waals surface area contributed by atoms with Crippen LogP contribution in [-0.4, -0.2) is 31.4 Å². The molecule has 1 aliphatic heterocycles. The van der Waals surface area contributed by atoms with Gasteiger partial charge in [-0.25, -0.2) is 0 Å². The first-order valence-electron chi connectivity index (χ1n) is 9.26. The van der Waals surface area contributed by atoms with Crippen LogP contribution in [0.1, 0.15) is 23.1 Å². The van der Waals surface area contributed by atoms with E-state index in [9.17, 15) is 4.79 Å². The van der Waals surface area contributed by atoms with E-state index in [4.69, 9.17) is 19.9 Å². The van der Waals surface area contributed by atoms with Crippen LogP contribution in [0.5, 0.6) is 17.2 Å². The van der Waals surface area contributed by atoms with Crippen molar-refractivity contribution in [3.05, 3.63) is 58.0 Å². The predicted octanol–water partition coefficient (Wildman–Crippen LogP) is 4.09. The van der Waals surface area contributed by atoms with Gasteiger partial charge >= 0.3 is 0 Å². The Morgan fingerprint density at radius 2 is 1.79 bits per heavy atom. The molecule has 1 heterocycles. The summed E-state index contributed by atoms with van der Waals surface area (Å²) in [6.07, 6.45) is 2.42. The Labute approximate surface area is 174 Å². The molecule has 1 amide bonds. The average Bonchev–Trinajstić information content (AvgIpc) is 3.02. The van der Waals surface area contributed by atoms with Crippen LogP contribution in [-0.2, 0) is 4.79 Å². The van der Waals surface area contributed by atoms with Gasteiger partial charge in [0.2, 0.25) is 0 Å². The number of benzene rings is 2. The number of hydrogen-bond donors (Lipinski definition) is 1. The highest BCUT2D eigenvalue weighted by molar-refractivity contribution is 8.18. The van der Waals surface area contributed by atoms with Crippen LogP contribution in [0.3, 0.4) is 0 Å². The summed E-state index contributed by atoms with van der Waals surface area (Å²) in [5.41, 5.74) is 8.71. The van der Waals surface area contributed by atoms with Gasteiger partial charge in [0.1, 0.15) is 5.75 Å². The van der Waals surface area contributed by atoms with Crippen molar-refractivity contribution >= 4 is 28.9 Å². The average molecular weight is 413 g/mol. The summed E-state index contributed by atoms with van der Waals surface area (Å²) < 4.78 is 17.3. The van der Waals surface area contributed by atoms with Crippen molar-refractivity contribution in [1.82, 2.24) is 0 Å². The maximum atomic E-state index is 11.9. The summed E-state index contributed by atoms with van der Waals surface area (Å²) in [5.74, 6) is 1.72. The molecule has 29 heavy (non-hydrogen) atoms. The number of thioether (sulfide) groups is 1. The van der Waals surface area contributed by atoms with Crippen LogP contribution in [0.25, 0.3) is 6.08 Å². The predicted molar refractivity (Wildman–Crippen MR) is 117 cm³/mol. The minimum absolute atomic E-state index is 0.246. The minimum atomic E-state index is -0.344. The Morgan fingerprint density at radius 3 is 2.52 bits per heavy atom. The van der Waals surface area contributed by atoms with Crippen LogP contribution < -0.4 is 19.9 Å². The van der Waals surface area contributed by atoms with Gasteiger partial charge < -0.3 is 19.9 Å². The summed E-state index contributed by atoms with van der Waals surface area (Å²) in [7, 11) is 1.58. The Kier molecular flexibility index (Phi) is 6.82. The monoisotopic (exact) mass is 412 g/mol. The van der Waals surface area contributed by atoms with Crippen LogP contribution in [0.4, 0.5) is 0 Å². The van der Waals surface area contributed by atoms with E-state index in [1.54, 1.807) is 13.2 Å². The fourth-order valence-corrected chi connectivity index (χ4v) is 3.50. The highest BCUT2D eigenvalue weighted by atomic mass is 32.2. The molecule has 0 saturated heterocycles. The van der Waals surface area contributed by atoms with Gasteiger partial charge in [-0.3, -0.25) is 4.79 Å². The lowest BCUT2D eigenvalue weighted by Crippen LogP contribution is -2.07. The Balaban J connectivity index is 1.63. The first-order chi connectivity index (χ1) is 14.0. The van der Waals surface area contributed by atoms with Crippen molar-refractivity contribution in [3.63, 3.8) is 0 Å². The van der Waals surface area contributed by atoms with Crippen LogP contribution >= 0.6 is 11.8 Å². The molecule has 0 saturated carbocycles. The SMILES string of the molecule is COc1cccc(/C=C2/SC(N)=NC2=O)c1OCCCOc1cccc(C)c1C. The van der Waals surface area contributed by atoms with Gasteiger partial charge in [-0.05, 0) is 54.9 Å². The van der Waals surface area contributed by atoms with E-state index in [-0.39, 0.29) is 11.1 Å². The second kappa shape index (κ2) is 9.52. The van der Waals surface area contributed by atoms with Gasteiger partial charge in [0.15, 0.2) is 16.7 Å². The molecule has 2 N–H and O–H groups in total. The Hall–Kier alpha value is -2.93. The zero-order valence-corrected chi connectivity index (χ0v) is 17.5. The third kappa shape index (κ3) is 5.12. The Bertz CT molecular complexity index is 969. The largest absolute Gasteiger partial charge is 0.493 e. The van der Waals surface area contributed by atoms with Crippen molar-refractivity contribution < 1.29 is 19.0 Å². The van der Waals surface area contributed by atoms with Gasteiger partial charge in [0.05, 0.1) is 25.2 Å². The molecule has 6 nitrogen and oxygen atoms in total. The maximum absolute atomic E-state index is 11.9. The van der Waals surface area contributed by atoms with E-state index in [1.807, 2.05) is 30.3 Å². The number of carbonyl (C=O) groups excluding carboxylic acids is 1. The van der Waals surface area contributed by atoms with E-state index in [0.29, 0.717) is 36.0 Å². The number of rotatable bonds is 8. The van der Waals surface area contributed by atoms with Crippen molar-refractivity contribution in [1.29, 1.82) is 0 Å². The van der Waals surface area contributed by atoms with Gasteiger partial charge in [-0.15, -0.1) is 0 Å². The van der Waals surface area contributed by atoms with Gasteiger partial charge in [-0.2, -0.15) is 4.99 Å². The number of aliphatic imine (C=N–C) groups is 1. The van der Waals surface area contributed by atoms with E-state index in [0.717, 1.165) is 28.6 Å². The first kappa shape index (κ1) is 20.8. The molecule has 0 spiro atoms. The molecule has 0 atom stereocenters. The van der Waals surface area contributed by atoms with E-state index in [1.165, 1.54) is 5.56 Å². The zero-order chi connectivity index (χ0) is 20.8. The molecule has 152 valence electrons. The molecular weight excluding hydrogens is 388 g/mol. The Morgan fingerprint density at radius 1 is 1.07 bits per heavy atom. The number of hydrogen-bond acceptors (Lipinski definition) is 6. The number of nitrogens with two attached hydrogens (primary N) is 1. The topological polar surface area (TPSA) is 83.1 Å². The molecule has 0 fully saturated rings. The fraction of sp³-hybridized carbons (Fsp3) is 0.273. The van der Waals surface area contributed by atoms with Gasteiger partial charge in [0, 0.05) is 12.0 Å². The first-order valence-corrected chi connectivity index (χ1v) is 10.1. The molecule has 0 aliphatic carbocycles. The summed E-state index contributed by atoms with van der Waals surface area (Å²) in [4.78, 5) is 16.1. The standard InChI is InChI=1S/C22H24N2O4S/c1-14-7-4-9-17(15(14)2)27-11-6-12-28-20-16(8-5-10-18(20)26-3)13-19-21(25)24-22(23)29-19/h4-5,7-10,13H,6,11-12H2,1-3H3,(H2,23,24,25)/b19-13+. The minimum Gasteiger partial charge on any atom is -0.493 e. The van der Waals surface area contributed by atoms with Crippen LogP contribution in [0.15, 0.2) is 46.3 Å². The second-order valence-corrected chi connectivity index (χ2v) is 7.56. The van der Waals surface area contributed by atoms with E-state index in [2.05, 4.69) is 24.9 Å². The fourth-order valence-electron chi connectivity index (χ4n) is 2.82. The van der Waals surface area contributed by atoms with Crippen molar-refractivity contribution in [2.75, 3.05) is 20.3 Å². The summed E-state index contributed by atoms with van der Waals surface area (Å²) in [5, 5.41) is 0.246. The molecule has 0 radical (unpaired) electrons. The molecule has 3 rings (SSSR count). The number of methoxy groups -OCH3 is 1. The van der Waals surface area contributed by atoms with E-state index >= 15 is 0 Å². The van der Waals surface area contributed by atoms with Crippen molar-refractivity contribution in [3.8, 4) is 17.2 Å². The van der Waals surface area contributed by atoms with Crippen molar-refractivity contribution in [2.45, 2.75) is 20.3 Å². The van der Waals surface area contributed by atoms with Crippen molar-refractivity contribution in [2.24, 2.45) is 10.7 Å². The highest BCUT2D eigenvalue weighted by Gasteiger charge is 2.21. The van der Waals surface area contributed by atoms with Crippen LogP contribution in [0.2, 0.25) is 0 Å². The lowest BCUT2D eigenvalue weighted by atomic mass is 10.1. The third-order valence-corrected chi connectivity index (χ3v) is 5.31. The smallest absolute Gasteiger partial charge is 0.286 e. The lowest BCUT2D eigenvalue weighted by molar-refractivity contribution is -0.113. The molecule has 1 aliphatic rings. The summed E-state index contributed by atoms with van der Waals surface area (Å²) >= 11 is 1.15.